The lowest BCUT2D eigenvalue weighted by Crippen LogP contribution is -2.27. The molecule has 1 aromatic heterocycles. The summed E-state index contributed by atoms with van der Waals surface area (Å²) in [6, 6.07) is 13.4. The van der Waals surface area contributed by atoms with E-state index in [9.17, 15) is 8.42 Å². The van der Waals surface area contributed by atoms with Crippen molar-refractivity contribution in [2.75, 3.05) is 0 Å². The third-order valence-electron chi connectivity index (χ3n) is 3.86. The molecule has 0 saturated heterocycles. The smallest absolute Gasteiger partial charge is 0.246 e. The van der Waals surface area contributed by atoms with Gasteiger partial charge in [-0.25, -0.2) is 13.1 Å². The molecule has 3 rings (SSSR count). The summed E-state index contributed by atoms with van der Waals surface area (Å²) in [4.78, 5) is 0.115. The Morgan fingerprint density at radius 2 is 1.78 bits per heavy atom. The summed E-state index contributed by atoms with van der Waals surface area (Å²) >= 11 is 0. The fourth-order valence-electron chi connectivity index (χ4n) is 2.84. The van der Waals surface area contributed by atoms with E-state index in [2.05, 4.69) is 9.88 Å². The van der Waals surface area contributed by atoms with Crippen molar-refractivity contribution in [2.24, 2.45) is 0 Å². The number of aromatic nitrogens is 1. The highest BCUT2D eigenvalue weighted by molar-refractivity contribution is 7.89. The van der Waals surface area contributed by atoms with Crippen molar-refractivity contribution in [1.82, 2.24) is 9.88 Å². The molecule has 6 heteroatoms. The van der Waals surface area contributed by atoms with Gasteiger partial charge in [0.15, 0.2) is 5.76 Å². The number of hydrogen-bond donors (Lipinski definition) is 1. The lowest BCUT2D eigenvalue weighted by atomic mass is 10.0. The Labute approximate surface area is 135 Å². The molecule has 120 valence electrons. The largest absolute Gasteiger partial charge is 0.360 e. The van der Waals surface area contributed by atoms with Crippen LogP contribution in [0.3, 0.4) is 0 Å². The van der Waals surface area contributed by atoms with Gasteiger partial charge >= 0.3 is 0 Å². The lowest BCUT2D eigenvalue weighted by Gasteiger charge is -2.16. The first-order valence-corrected chi connectivity index (χ1v) is 8.81. The van der Waals surface area contributed by atoms with Gasteiger partial charge in [0.2, 0.25) is 10.0 Å². The van der Waals surface area contributed by atoms with Crippen molar-refractivity contribution in [3.8, 4) is 0 Å². The lowest BCUT2D eigenvalue weighted by molar-refractivity contribution is 0.390. The predicted molar refractivity (Wildman–Crippen MR) is 88.7 cm³/mol. The number of nitrogens with zero attached hydrogens (tertiary/aromatic N) is 1. The summed E-state index contributed by atoms with van der Waals surface area (Å²) in [6.07, 6.45) is 0. The molecule has 5 nitrogen and oxygen atoms in total. The maximum absolute atomic E-state index is 12.6. The van der Waals surface area contributed by atoms with Crippen LogP contribution >= 0.6 is 0 Å². The first-order chi connectivity index (χ1) is 10.9. The molecule has 0 aliphatic heterocycles. The van der Waals surface area contributed by atoms with E-state index >= 15 is 0 Å². The second kappa shape index (κ2) is 5.79. The van der Waals surface area contributed by atoms with Crippen LogP contribution in [0.15, 0.2) is 51.9 Å². The van der Waals surface area contributed by atoms with Gasteiger partial charge in [-0.2, -0.15) is 0 Å². The van der Waals surface area contributed by atoms with E-state index in [1.807, 2.05) is 49.4 Å². The minimum Gasteiger partial charge on any atom is -0.360 e. The van der Waals surface area contributed by atoms with Gasteiger partial charge in [-0.15, -0.1) is 0 Å². The third kappa shape index (κ3) is 2.87. The highest BCUT2D eigenvalue weighted by atomic mass is 32.2. The van der Waals surface area contributed by atoms with E-state index in [0.29, 0.717) is 11.5 Å². The molecule has 0 spiro atoms. The van der Waals surface area contributed by atoms with Crippen LogP contribution in [0.4, 0.5) is 0 Å². The predicted octanol–water partition coefficient (Wildman–Crippen LogP) is 3.48. The molecule has 0 aliphatic carbocycles. The molecule has 0 amide bonds. The Hall–Kier alpha value is -2.18. The van der Waals surface area contributed by atoms with Crippen molar-refractivity contribution in [3.05, 3.63) is 59.5 Å². The monoisotopic (exact) mass is 330 g/mol. The minimum absolute atomic E-state index is 0.115. The van der Waals surface area contributed by atoms with E-state index in [1.54, 1.807) is 13.8 Å². The maximum Gasteiger partial charge on any atom is 0.246 e. The number of hydrogen-bond acceptors (Lipinski definition) is 4. The Morgan fingerprint density at radius 1 is 1.09 bits per heavy atom. The Morgan fingerprint density at radius 3 is 2.48 bits per heavy atom. The fourth-order valence-corrected chi connectivity index (χ4v) is 4.39. The summed E-state index contributed by atoms with van der Waals surface area (Å²) in [6.45, 7) is 5.04. The SMILES string of the molecule is Cc1noc(C)c1S(=O)(=O)N[C@@H](C)c1cccc2ccccc12. The van der Waals surface area contributed by atoms with E-state index in [4.69, 9.17) is 4.52 Å². The van der Waals surface area contributed by atoms with Crippen molar-refractivity contribution >= 4 is 20.8 Å². The number of nitrogens with one attached hydrogen (secondary N) is 1. The van der Waals surface area contributed by atoms with Gasteiger partial charge in [-0.3, -0.25) is 0 Å². The van der Waals surface area contributed by atoms with Crippen LogP contribution in [0.2, 0.25) is 0 Å². The van der Waals surface area contributed by atoms with Gasteiger partial charge in [-0.1, -0.05) is 47.6 Å². The zero-order chi connectivity index (χ0) is 16.6. The topological polar surface area (TPSA) is 72.2 Å². The van der Waals surface area contributed by atoms with Gasteiger partial charge in [0, 0.05) is 6.04 Å². The van der Waals surface area contributed by atoms with Gasteiger partial charge < -0.3 is 4.52 Å². The Balaban J connectivity index is 1.99. The zero-order valence-corrected chi connectivity index (χ0v) is 14.0. The standard InChI is InChI=1S/C17H18N2O3S/c1-11(15-10-6-8-14-7-4-5-9-16(14)15)19-23(20,21)17-12(2)18-22-13(17)3/h4-11,19H,1-3H3/t11-/m0/s1. The van der Waals surface area contributed by atoms with Crippen molar-refractivity contribution in [1.29, 1.82) is 0 Å². The number of sulfonamides is 1. The molecule has 23 heavy (non-hydrogen) atoms. The highest BCUT2D eigenvalue weighted by Gasteiger charge is 2.26. The molecular weight excluding hydrogens is 312 g/mol. The van der Waals surface area contributed by atoms with Gasteiger partial charge in [0.1, 0.15) is 10.6 Å². The minimum atomic E-state index is -3.70. The molecule has 1 heterocycles. The van der Waals surface area contributed by atoms with Crippen LogP contribution in [0.25, 0.3) is 10.8 Å². The maximum atomic E-state index is 12.6. The molecule has 0 saturated carbocycles. The molecule has 0 aliphatic rings. The van der Waals surface area contributed by atoms with Crippen LogP contribution < -0.4 is 4.72 Å². The van der Waals surface area contributed by atoms with Crippen LogP contribution in [0.5, 0.6) is 0 Å². The van der Waals surface area contributed by atoms with Crippen molar-refractivity contribution in [2.45, 2.75) is 31.7 Å². The molecule has 0 bridgehead atoms. The van der Waals surface area contributed by atoms with Gasteiger partial charge in [-0.05, 0) is 37.1 Å². The molecule has 1 atom stereocenters. The summed E-state index contributed by atoms with van der Waals surface area (Å²) in [7, 11) is -3.70. The first kappa shape index (κ1) is 15.7. The zero-order valence-electron chi connectivity index (χ0n) is 13.2. The van der Waals surface area contributed by atoms with Gasteiger partial charge in [0.25, 0.3) is 0 Å². The quantitative estimate of drug-likeness (QED) is 0.795. The molecule has 0 radical (unpaired) electrons. The summed E-state index contributed by atoms with van der Waals surface area (Å²) in [5.74, 6) is 0.292. The van der Waals surface area contributed by atoms with Crippen LogP contribution in [-0.4, -0.2) is 13.6 Å². The molecule has 1 N–H and O–H groups in total. The number of rotatable bonds is 4. The van der Waals surface area contributed by atoms with Crippen LogP contribution in [0, 0.1) is 13.8 Å². The van der Waals surface area contributed by atoms with E-state index < -0.39 is 10.0 Å². The van der Waals surface area contributed by atoms with E-state index in [-0.39, 0.29) is 10.9 Å². The highest BCUT2D eigenvalue weighted by Crippen LogP contribution is 2.26. The van der Waals surface area contributed by atoms with Gasteiger partial charge in [0.05, 0.1) is 0 Å². The van der Waals surface area contributed by atoms with Crippen molar-refractivity contribution in [3.63, 3.8) is 0 Å². The molecule has 2 aromatic carbocycles. The molecule has 0 unspecified atom stereocenters. The third-order valence-corrected chi connectivity index (χ3v) is 5.64. The number of aryl methyl sites for hydroxylation is 2. The molecular formula is C17H18N2O3S. The Kier molecular flexibility index (Phi) is 3.95. The molecule has 0 fully saturated rings. The van der Waals surface area contributed by atoms with Crippen LogP contribution in [-0.2, 0) is 10.0 Å². The molecule has 3 aromatic rings. The number of benzene rings is 2. The van der Waals surface area contributed by atoms with Crippen LogP contribution in [0.1, 0.15) is 30.0 Å². The van der Waals surface area contributed by atoms with E-state index in [1.165, 1.54) is 0 Å². The summed E-state index contributed by atoms with van der Waals surface area (Å²) in [5, 5.41) is 5.83. The number of fused-ring (bicyclic) bond motifs is 1. The summed E-state index contributed by atoms with van der Waals surface area (Å²) in [5.41, 5.74) is 1.29. The second-order valence-electron chi connectivity index (χ2n) is 5.56. The fraction of sp³-hybridized carbons (Fsp3) is 0.235. The normalized spacial score (nSPS) is 13.3. The van der Waals surface area contributed by atoms with Crippen molar-refractivity contribution < 1.29 is 12.9 Å². The first-order valence-electron chi connectivity index (χ1n) is 7.33. The average molecular weight is 330 g/mol. The Bertz CT molecular complexity index is 936. The average Bonchev–Trinajstić information content (AvgIpc) is 2.86. The summed E-state index contributed by atoms with van der Waals surface area (Å²) < 4.78 is 33.0. The second-order valence-corrected chi connectivity index (χ2v) is 7.22. The van der Waals surface area contributed by atoms with E-state index in [0.717, 1.165) is 16.3 Å².